The van der Waals surface area contributed by atoms with Crippen LogP contribution in [0.4, 0.5) is 0 Å². The number of hydrogen-bond acceptors (Lipinski definition) is 3. The van der Waals surface area contributed by atoms with Gasteiger partial charge in [-0.3, -0.25) is 4.79 Å². The van der Waals surface area contributed by atoms with Crippen molar-refractivity contribution < 1.29 is 14.6 Å². The lowest BCUT2D eigenvalue weighted by molar-refractivity contribution is -0.140. The van der Waals surface area contributed by atoms with E-state index in [-0.39, 0.29) is 23.4 Å². The maximum Gasteiger partial charge on any atom is 0.306 e. The van der Waals surface area contributed by atoms with Crippen LogP contribution in [0.2, 0.25) is 0 Å². The van der Waals surface area contributed by atoms with Crippen molar-refractivity contribution >= 4 is 17.6 Å². The van der Waals surface area contributed by atoms with Crippen LogP contribution in [0.5, 0.6) is 0 Å². The van der Waals surface area contributed by atoms with Crippen molar-refractivity contribution in [1.82, 2.24) is 5.32 Å². The molecule has 19 heavy (non-hydrogen) atoms. The second kappa shape index (κ2) is 10.5. The first-order valence-corrected chi connectivity index (χ1v) is 7.05. The van der Waals surface area contributed by atoms with Crippen molar-refractivity contribution in [1.29, 1.82) is 0 Å². The molecule has 0 aromatic carbocycles. The molecule has 0 aliphatic carbocycles. The van der Waals surface area contributed by atoms with E-state index in [4.69, 9.17) is 21.4 Å². The molecule has 0 fully saturated rings. The average molecular weight is 296 g/mol. The number of methoxy groups -OCH3 is 1. The van der Waals surface area contributed by atoms with Crippen LogP contribution in [-0.2, 0) is 9.53 Å². The van der Waals surface area contributed by atoms with E-state index in [9.17, 15) is 4.79 Å². The minimum atomic E-state index is -0.819. The molecule has 0 heterocycles. The van der Waals surface area contributed by atoms with E-state index in [0.717, 1.165) is 6.42 Å². The molecule has 3 atom stereocenters. The standard InChI is InChI=1S/C10H21NO3.C4H9Cl/c1-5-7(2)10(11-3)8(14-4)6-9(12)13;1-4(2,3)5/h7-8,10-11H,5-6H2,1-4H3,(H,12,13);1-3H3/t7-,8+,10-;/m0./s1. The van der Waals surface area contributed by atoms with Gasteiger partial charge >= 0.3 is 5.97 Å². The molecule has 0 saturated carbocycles. The molecule has 0 amide bonds. The van der Waals surface area contributed by atoms with Gasteiger partial charge in [0.05, 0.1) is 12.5 Å². The van der Waals surface area contributed by atoms with Crippen LogP contribution < -0.4 is 5.32 Å². The van der Waals surface area contributed by atoms with E-state index in [1.165, 1.54) is 0 Å². The zero-order valence-corrected chi connectivity index (χ0v) is 14.0. The fourth-order valence-electron chi connectivity index (χ4n) is 1.62. The lowest BCUT2D eigenvalue weighted by Crippen LogP contribution is -2.44. The highest BCUT2D eigenvalue weighted by atomic mass is 35.5. The lowest BCUT2D eigenvalue weighted by atomic mass is 9.93. The molecule has 0 bridgehead atoms. The third-order valence-electron chi connectivity index (χ3n) is 2.67. The zero-order valence-electron chi connectivity index (χ0n) is 13.3. The molecule has 0 aliphatic heterocycles. The number of nitrogens with one attached hydrogen (secondary N) is 1. The predicted molar refractivity (Wildman–Crippen MR) is 81.0 cm³/mol. The van der Waals surface area contributed by atoms with E-state index >= 15 is 0 Å². The molecule has 0 aliphatic rings. The van der Waals surface area contributed by atoms with Crippen LogP contribution in [0.15, 0.2) is 0 Å². The van der Waals surface area contributed by atoms with Crippen LogP contribution in [0.1, 0.15) is 47.5 Å². The van der Waals surface area contributed by atoms with Crippen LogP contribution in [0.25, 0.3) is 0 Å². The normalized spacial score (nSPS) is 16.0. The Morgan fingerprint density at radius 2 is 1.84 bits per heavy atom. The van der Waals surface area contributed by atoms with Gasteiger partial charge in [0.1, 0.15) is 0 Å². The smallest absolute Gasteiger partial charge is 0.306 e. The maximum absolute atomic E-state index is 10.6. The molecule has 5 heteroatoms. The van der Waals surface area contributed by atoms with Gasteiger partial charge in [-0.15, -0.1) is 11.6 Å². The summed E-state index contributed by atoms with van der Waals surface area (Å²) in [4.78, 5) is 10.6. The average Bonchev–Trinajstić information content (AvgIpc) is 2.25. The van der Waals surface area contributed by atoms with Crippen molar-refractivity contribution in [3.8, 4) is 0 Å². The largest absolute Gasteiger partial charge is 0.481 e. The Balaban J connectivity index is 0. The second-order valence-corrected chi connectivity index (χ2v) is 6.77. The highest BCUT2D eigenvalue weighted by molar-refractivity contribution is 6.23. The molecular weight excluding hydrogens is 266 g/mol. The van der Waals surface area contributed by atoms with Gasteiger partial charge in [0.25, 0.3) is 0 Å². The number of rotatable bonds is 7. The summed E-state index contributed by atoms with van der Waals surface area (Å²) >= 11 is 5.53. The van der Waals surface area contributed by atoms with Gasteiger partial charge in [0.2, 0.25) is 0 Å². The Morgan fingerprint density at radius 1 is 1.42 bits per heavy atom. The van der Waals surface area contributed by atoms with Gasteiger partial charge in [-0.1, -0.05) is 20.3 Å². The first-order valence-electron chi connectivity index (χ1n) is 6.67. The number of aliphatic carboxylic acids is 1. The molecule has 0 aromatic heterocycles. The fraction of sp³-hybridized carbons (Fsp3) is 0.929. The van der Waals surface area contributed by atoms with Gasteiger partial charge in [-0.05, 0) is 33.7 Å². The number of alkyl halides is 1. The monoisotopic (exact) mass is 295 g/mol. The van der Waals surface area contributed by atoms with Crippen LogP contribution in [0.3, 0.4) is 0 Å². The summed E-state index contributed by atoms with van der Waals surface area (Å²) in [6.07, 6.45) is 0.796. The summed E-state index contributed by atoms with van der Waals surface area (Å²) in [5.74, 6) is -0.412. The topological polar surface area (TPSA) is 58.6 Å². The summed E-state index contributed by atoms with van der Waals surface area (Å²) < 4.78 is 5.19. The van der Waals surface area contributed by atoms with E-state index in [1.807, 2.05) is 27.8 Å². The number of halogens is 1. The van der Waals surface area contributed by atoms with E-state index < -0.39 is 5.97 Å². The number of carboxylic acid groups (broad SMARTS) is 1. The van der Waals surface area contributed by atoms with Gasteiger partial charge < -0.3 is 15.2 Å². The minimum Gasteiger partial charge on any atom is -0.481 e. The van der Waals surface area contributed by atoms with Crippen molar-refractivity contribution in [2.45, 2.75) is 64.5 Å². The molecule has 0 radical (unpaired) electrons. The number of ether oxygens (including phenoxy) is 1. The van der Waals surface area contributed by atoms with Gasteiger partial charge in [0, 0.05) is 18.0 Å². The van der Waals surface area contributed by atoms with E-state index in [0.29, 0.717) is 5.92 Å². The molecule has 116 valence electrons. The molecule has 2 N–H and O–H groups in total. The van der Waals surface area contributed by atoms with Crippen LogP contribution >= 0.6 is 11.6 Å². The number of carbonyl (C=O) groups is 1. The van der Waals surface area contributed by atoms with Crippen LogP contribution in [0, 0.1) is 5.92 Å². The summed E-state index contributed by atoms with van der Waals surface area (Å²) in [5.41, 5.74) is 0. The van der Waals surface area contributed by atoms with Gasteiger partial charge in [-0.25, -0.2) is 0 Å². The predicted octanol–water partition coefficient (Wildman–Crippen LogP) is 3.13. The highest BCUT2D eigenvalue weighted by Gasteiger charge is 2.26. The fourth-order valence-corrected chi connectivity index (χ4v) is 1.62. The summed E-state index contributed by atoms with van der Waals surface area (Å²) in [6.45, 7) is 10.0. The SMILES string of the molecule is CC(C)(C)Cl.CC[C@H](C)[C@H](NC)[C@@H](CC(=O)O)OC. The van der Waals surface area contributed by atoms with Crippen LogP contribution in [-0.4, -0.2) is 42.3 Å². The minimum absolute atomic E-state index is 0.0278. The quantitative estimate of drug-likeness (QED) is 0.709. The lowest BCUT2D eigenvalue weighted by Gasteiger charge is -2.29. The van der Waals surface area contributed by atoms with Gasteiger partial charge in [0.15, 0.2) is 0 Å². The van der Waals surface area contributed by atoms with Crippen molar-refractivity contribution in [2.75, 3.05) is 14.2 Å². The highest BCUT2D eigenvalue weighted by Crippen LogP contribution is 2.15. The number of likely N-dealkylation sites (N-methyl/N-ethyl adjacent to an activating group) is 1. The first kappa shape index (κ1) is 21.0. The number of carboxylic acids is 1. The number of hydrogen-bond donors (Lipinski definition) is 2. The molecule has 0 aromatic rings. The third kappa shape index (κ3) is 13.9. The van der Waals surface area contributed by atoms with Crippen molar-refractivity contribution in [2.24, 2.45) is 5.92 Å². The molecule has 4 nitrogen and oxygen atoms in total. The Kier molecular flexibility index (Phi) is 11.6. The second-order valence-electron chi connectivity index (χ2n) is 5.64. The summed E-state index contributed by atoms with van der Waals surface area (Å²) in [5, 5.41) is 11.8. The molecule has 0 saturated heterocycles. The maximum atomic E-state index is 10.6. The third-order valence-corrected chi connectivity index (χ3v) is 2.67. The Bertz CT molecular complexity index is 235. The van der Waals surface area contributed by atoms with E-state index in [1.54, 1.807) is 7.11 Å². The van der Waals surface area contributed by atoms with Crippen molar-refractivity contribution in [3.05, 3.63) is 0 Å². The Hall–Kier alpha value is -0.320. The zero-order chi connectivity index (χ0) is 15.6. The van der Waals surface area contributed by atoms with Gasteiger partial charge in [-0.2, -0.15) is 0 Å². The Labute approximate surface area is 122 Å². The van der Waals surface area contributed by atoms with Crippen molar-refractivity contribution in [3.63, 3.8) is 0 Å². The Morgan fingerprint density at radius 3 is 2.05 bits per heavy atom. The summed E-state index contributed by atoms with van der Waals surface area (Å²) in [6, 6.07) is 0.0982. The molecule has 0 spiro atoms. The molecular formula is C14H30ClNO3. The van der Waals surface area contributed by atoms with E-state index in [2.05, 4.69) is 19.2 Å². The summed E-state index contributed by atoms with van der Waals surface area (Å²) in [7, 11) is 3.39. The molecule has 0 rings (SSSR count). The molecule has 0 unspecified atom stereocenters. The first-order chi connectivity index (χ1) is 8.56.